The summed E-state index contributed by atoms with van der Waals surface area (Å²) >= 11 is 0. The molecule has 106 valence electrons. The smallest absolute Gasteiger partial charge is 0.121 e. The molecule has 1 aromatic rings. The lowest BCUT2D eigenvalue weighted by atomic mass is 10.0. The molecule has 2 N–H and O–H groups in total. The molecule has 2 unspecified atom stereocenters. The molecule has 1 aromatic carbocycles. The molecule has 1 fully saturated rings. The Balaban J connectivity index is 2.15. The summed E-state index contributed by atoms with van der Waals surface area (Å²) in [5, 5.41) is 0. The van der Waals surface area contributed by atoms with Gasteiger partial charge >= 0.3 is 0 Å². The predicted octanol–water partition coefficient (Wildman–Crippen LogP) is 2.74. The number of hydrogen-bond donors (Lipinski definition) is 1. The van der Waals surface area contributed by atoms with Crippen LogP contribution in [0.25, 0.3) is 0 Å². The van der Waals surface area contributed by atoms with E-state index in [0.717, 1.165) is 11.7 Å². The molecule has 0 spiro atoms. The summed E-state index contributed by atoms with van der Waals surface area (Å²) in [5.41, 5.74) is 8.52. The van der Waals surface area contributed by atoms with Crippen molar-refractivity contribution in [2.45, 2.75) is 32.7 Å². The van der Waals surface area contributed by atoms with Gasteiger partial charge in [-0.1, -0.05) is 25.5 Å². The van der Waals surface area contributed by atoms with Crippen LogP contribution >= 0.6 is 0 Å². The van der Waals surface area contributed by atoms with Gasteiger partial charge in [-0.3, -0.25) is 4.90 Å². The maximum atomic E-state index is 6.02. The molecule has 2 atom stereocenters. The zero-order valence-corrected chi connectivity index (χ0v) is 12.4. The number of ether oxygens (including phenoxy) is 1. The molecule has 2 rings (SSSR count). The lowest BCUT2D eigenvalue weighted by molar-refractivity contribution is 0.240. The molecular weight excluding hydrogens is 236 g/mol. The Morgan fingerprint density at radius 2 is 2.26 bits per heavy atom. The van der Waals surface area contributed by atoms with Crippen molar-refractivity contribution < 1.29 is 4.74 Å². The minimum Gasteiger partial charge on any atom is -0.496 e. The molecule has 0 amide bonds. The average Bonchev–Trinajstić information content (AvgIpc) is 2.88. The van der Waals surface area contributed by atoms with Crippen LogP contribution in [0.15, 0.2) is 18.2 Å². The fourth-order valence-electron chi connectivity index (χ4n) is 3.08. The average molecular weight is 262 g/mol. The van der Waals surface area contributed by atoms with Crippen molar-refractivity contribution in [3.05, 3.63) is 29.3 Å². The van der Waals surface area contributed by atoms with Crippen LogP contribution in [0.3, 0.4) is 0 Å². The number of nitrogens with zero attached hydrogens (tertiary/aromatic N) is 1. The second kappa shape index (κ2) is 6.40. The maximum Gasteiger partial charge on any atom is 0.121 e. The highest BCUT2D eigenvalue weighted by molar-refractivity contribution is 5.37. The van der Waals surface area contributed by atoms with Gasteiger partial charge in [-0.05, 0) is 43.0 Å². The second-order valence-corrected chi connectivity index (χ2v) is 5.54. The molecule has 0 bridgehead atoms. The minimum absolute atomic E-state index is 0.348. The molecule has 0 aromatic heterocycles. The first-order valence-electron chi connectivity index (χ1n) is 7.28. The van der Waals surface area contributed by atoms with Crippen molar-refractivity contribution in [3.8, 4) is 5.75 Å². The van der Waals surface area contributed by atoms with E-state index in [1.165, 1.54) is 37.1 Å². The van der Waals surface area contributed by atoms with Gasteiger partial charge in [0.05, 0.1) is 7.11 Å². The summed E-state index contributed by atoms with van der Waals surface area (Å²) in [6.45, 7) is 7.41. The molecule has 0 radical (unpaired) electrons. The third-order valence-electron chi connectivity index (χ3n) is 4.36. The number of likely N-dealkylation sites (tertiary alicyclic amines) is 1. The van der Waals surface area contributed by atoms with Crippen LogP contribution < -0.4 is 10.5 Å². The SMILES string of the molecule is CCC1CCN(C(CN)c2ccc(OC)c(C)c2)C1. The molecule has 1 saturated heterocycles. The first kappa shape index (κ1) is 14.4. The monoisotopic (exact) mass is 262 g/mol. The van der Waals surface area contributed by atoms with Gasteiger partial charge in [0.1, 0.15) is 5.75 Å². The molecule has 0 saturated carbocycles. The number of benzene rings is 1. The van der Waals surface area contributed by atoms with Crippen LogP contribution in [0.5, 0.6) is 5.75 Å². The minimum atomic E-state index is 0.348. The Morgan fingerprint density at radius 1 is 1.47 bits per heavy atom. The first-order chi connectivity index (χ1) is 9.19. The van der Waals surface area contributed by atoms with E-state index >= 15 is 0 Å². The predicted molar refractivity (Wildman–Crippen MR) is 79.5 cm³/mol. The summed E-state index contributed by atoms with van der Waals surface area (Å²) in [4.78, 5) is 2.54. The van der Waals surface area contributed by atoms with E-state index in [9.17, 15) is 0 Å². The van der Waals surface area contributed by atoms with Crippen LogP contribution in [0.4, 0.5) is 0 Å². The molecule has 1 aliphatic rings. The Morgan fingerprint density at radius 3 is 2.79 bits per heavy atom. The topological polar surface area (TPSA) is 38.5 Å². The lowest BCUT2D eigenvalue weighted by Gasteiger charge is -2.27. The van der Waals surface area contributed by atoms with Crippen molar-refractivity contribution in [2.24, 2.45) is 11.7 Å². The first-order valence-corrected chi connectivity index (χ1v) is 7.28. The second-order valence-electron chi connectivity index (χ2n) is 5.54. The van der Waals surface area contributed by atoms with Gasteiger partial charge in [0.25, 0.3) is 0 Å². The van der Waals surface area contributed by atoms with E-state index in [4.69, 9.17) is 10.5 Å². The van der Waals surface area contributed by atoms with Crippen LogP contribution in [-0.2, 0) is 0 Å². The van der Waals surface area contributed by atoms with E-state index in [-0.39, 0.29) is 0 Å². The third kappa shape index (κ3) is 3.10. The summed E-state index contributed by atoms with van der Waals surface area (Å²) in [6, 6.07) is 6.78. The van der Waals surface area contributed by atoms with E-state index < -0.39 is 0 Å². The normalized spacial score (nSPS) is 21.6. The van der Waals surface area contributed by atoms with Crippen molar-refractivity contribution in [1.82, 2.24) is 4.90 Å². The van der Waals surface area contributed by atoms with E-state index in [1.807, 2.05) is 0 Å². The van der Waals surface area contributed by atoms with Crippen LogP contribution in [0.2, 0.25) is 0 Å². The van der Waals surface area contributed by atoms with Crippen LogP contribution in [-0.4, -0.2) is 31.6 Å². The number of hydrogen-bond acceptors (Lipinski definition) is 3. The van der Waals surface area contributed by atoms with Crippen molar-refractivity contribution in [3.63, 3.8) is 0 Å². The van der Waals surface area contributed by atoms with Gasteiger partial charge in [0.15, 0.2) is 0 Å². The highest BCUT2D eigenvalue weighted by Crippen LogP contribution is 2.30. The fraction of sp³-hybridized carbons (Fsp3) is 0.625. The summed E-state index contributed by atoms with van der Waals surface area (Å²) in [6.07, 6.45) is 2.58. The van der Waals surface area contributed by atoms with Crippen molar-refractivity contribution in [2.75, 3.05) is 26.7 Å². The maximum absolute atomic E-state index is 6.02. The number of rotatable bonds is 5. The third-order valence-corrected chi connectivity index (χ3v) is 4.36. The molecule has 3 nitrogen and oxygen atoms in total. The summed E-state index contributed by atoms with van der Waals surface area (Å²) < 4.78 is 5.33. The lowest BCUT2D eigenvalue weighted by Crippen LogP contribution is -2.32. The highest BCUT2D eigenvalue weighted by atomic mass is 16.5. The Hall–Kier alpha value is -1.06. The van der Waals surface area contributed by atoms with Gasteiger partial charge in [0, 0.05) is 19.1 Å². The van der Waals surface area contributed by atoms with Crippen LogP contribution in [0, 0.1) is 12.8 Å². The van der Waals surface area contributed by atoms with Gasteiger partial charge < -0.3 is 10.5 Å². The van der Waals surface area contributed by atoms with Gasteiger partial charge in [-0.15, -0.1) is 0 Å². The Bertz CT molecular complexity index is 419. The van der Waals surface area contributed by atoms with Crippen molar-refractivity contribution >= 4 is 0 Å². The Labute approximate surface area is 116 Å². The molecule has 1 heterocycles. The van der Waals surface area contributed by atoms with Gasteiger partial charge in [-0.25, -0.2) is 0 Å². The Kier molecular flexibility index (Phi) is 4.83. The van der Waals surface area contributed by atoms with E-state index in [2.05, 4.69) is 36.9 Å². The van der Waals surface area contributed by atoms with Crippen molar-refractivity contribution in [1.29, 1.82) is 0 Å². The largest absolute Gasteiger partial charge is 0.496 e. The zero-order valence-electron chi connectivity index (χ0n) is 12.4. The van der Waals surface area contributed by atoms with Crippen LogP contribution in [0.1, 0.15) is 36.9 Å². The van der Waals surface area contributed by atoms with Gasteiger partial charge in [-0.2, -0.15) is 0 Å². The van der Waals surface area contributed by atoms with E-state index in [1.54, 1.807) is 7.11 Å². The fourth-order valence-corrected chi connectivity index (χ4v) is 3.08. The number of nitrogens with two attached hydrogens (primary N) is 1. The molecular formula is C16H26N2O. The molecule has 1 aliphatic heterocycles. The molecule has 3 heteroatoms. The quantitative estimate of drug-likeness (QED) is 0.886. The summed E-state index contributed by atoms with van der Waals surface area (Å²) in [5.74, 6) is 1.79. The number of aryl methyl sites for hydroxylation is 1. The van der Waals surface area contributed by atoms with Gasteiger partial charge in [0.2, 0.25) is 0 Å². The summed E-state index contributed by atoms with van der Waals surface area (Å²) in [7, 11) is 1.72. The standard InChI is InChI=1S/C16H26N2O/c1-4-13-7-8-18(11-13)15(10-17)14-5-6-16(19-3)12(2)9-14/h5-6,9,13,15H,4,7-8,10-11,17H2,1-3H3. The zero-order chi connectivity index (χ0) is 13.8. The highest BCUT2D eigenvalue weighted by Gasteiger charge is 2.27. The molecule has 19 heavy (non-hydrogen) atoms. The van der Waals surface area contributed by atoms with E-state index in [0.29, 0.717) is 12.6 Å². The molecule has 0 aliphatic carbocycles. The number of methoxy groups -OCH3 is 1.